The highest BCUT2D eigenvalue weighted by Gasteiger charge is 2.61. The van der Waals surface area contributed by atoms with Crippen LogP contribution in [0.25, 0.3) is 0 Å². The van der Waals surface area contributed by atoms with Crippen molar-refractivity contribution in [2.24, 2.45) is 17.3 Å². The van der Waals surface area contributed by atoms with Crippen LogP contribution in [0.4, 0.5) is 0 Å². The number of rotatable bonds is 7. The number of ether oxygens (including phenoxy) is 2. The highest BCUT2D eigenvalue weighted by molar-refractivity contribution is 5.83. The summed E-state index contributed by atoms with van der Waals surface area (Å²) in [6, 6.07) is 7.70. The summed E-state index contributed by atoms with van der Waals surface area (Å²) in [4.78, 5) is 23.8. The van der Waals surface area contributed by atoms with E-state index in [4.69, 9.17) is 15.9 Å². The molecule has 0 bridgehead atoms. The van der Waals surface area contributed by atoms with Gasteiger partial charge in [-0.05, 0) is 29.4 Å². The van der Waals surface area contributed by atoms with E-state index in [1.54, 1.807) is 13.0 Å². The van der Waals surface area contributed by atoms with Gasteiger partial charge in [-0.1, -0.05) is 44.2 Å². The molecule has 1 aliphatic rings. The number of carbonyl (C=O) groups excluding carboxylic acids is 2. The SMILES string of the molecule is C#CCc1ccc(COC(=O)C2C(/C=C/C(=O)OCC)C2(C)C)cc1. The Kier molecular flexibility index (Phi) is 6.03. The van der Waals surface area contributed by atoms with Crippen LogP contribution in [0.15, 0.2) is 36.4 Å². The summed E-state index contributed by atoms with van der Waals surface area (Å²) in [5, 5.41) is 0. The second-order valence-electron chi connectivity index (χ2n) is 6.74. The van der Waals surface area contributed by atoms with Gasteiger partial charge < -0.3 is 9.47 Å². The zero-order chi connectivity index (χ0) is 18.4. The standard InChI is InChI=1S/C21H24O4/c1-5-7-15-8-10-16(11-9-15)14-25-20(23)19-17(21(19,3)4)12-13-18(22)24-6-2/h1,8-13,17,19H,6-7,14H2,2-4H3/b13-12+. The molecule has 0 heterocycles. The minimum Gasteiger partial charge on any atom is -0.463 e. The van der Waals surface area contributed by atoms with Crippen molar-refractivity contribution in [1.82, 2.24) is 0 Å². The van der Waals surface area contributed by atoms with E-state index >= 15 is 0 Å². The van der Waals surface area contributed by atoms with Crippen molar-refractivity contribution in [3.05, 3.63) is 47.5 Å². The fourth-order valence-electron chi connectivity index (χ4n) is 2.98. The quantitative estimate of drug-likeness (QED) is 0.434. The molecule has 0 N–H and O–H groups in total. The molecule has 1 aromatic carbocycles. The van der Waals surface area contributed by atoms with E-state index in [0.717, 1.165) is 11.1 Å². The van der Waals surface area contributed by atoms with Crippen molar-refractivity contribution in [1.29, 1.82) is 0 Å². The van der Waals surface area contributed by atoms with Crippen molar-refractivity contribution < 1.29 is 19.1 Å². The van der Waals surface area contributed by atoms with Crippen molar-refractivity contribution in [3.63, 3.8) is 0 Å². The number of benzene rings is 1. The molecule has 0 amide bonds. The van der Waals surface area contributed by atoms with Crippen LogP contribution in [0.2, 0.25) is 0 Å². The average molecular weight is 340 g/mol. The molecule has 0 saturated heterocycles. The third-order valence-corrected chi connectivity index (χ3v) is 4.60. The first-order valence-corrected chi connectivity index (χ1v) is 8.43. The molecule has 4 nitrogen and oxygen atoms in total. The van der Waals surface area contributed by atoms with Crippen LogP contribution in [0.5, 0.6) is 0 Å². The third kappa shape index (κ3) is 4.73. The van der Waals surface area contributed by atoms with E-state index < -0.39 is 0 Å². The number of esters is 2. The lowest BCUT2D eigenvalue weighted by Gasteiger charge is -2.06. The fourth-order valence-corrected chi connectivity index (χ4v) is 2.98. The summed E-state index contributed by atoms with van der Waals surface area (Å²) in [5.74, 6) is 1.72. The zero-order valence-corrected chi connectivity index (χ0v) is 15.0. The van der Waals surface area contributed by atoms with Crippen LogP contribution in [-0.2, 0) is 32.1 Å². The molecule has 2 rings (SSSR count). The Hall–Kier alpha value is -2.54. The number of allylic oxidation sites excluding steroid dienone is 1. The molecule has 0 aromatic heterocycles. The van der Waals surface area contributed by atoms with Crippen molar-refractivity contribution in [3.8, 4) is 12.3 Å². The van der Waals surface area contributed by atoms with Crippen LogP contribution < -0.4 is 0 Å². The Morgan fingerprint density at radius 2 is 1.84 bits per heavy atom. The van der Waals surface area contributed by atoms with Gasteiger partial charge in [0.2, 0.25) is 0 Å². The van der Waals surface area contributed by atoms with E-state index in [2.05, 4.69) is 5.92 Å². The van der Waals surface area contributed by atoms with Gasteiger partial charge in [-0.2, -0.15) is 0 Å². The predicted molar refractivity (Wildman–Crippen MR) is 95.3 cm³/mol. The van der Waals surface area contributed by atoms with Gasteiger partial charge in [-0.25, -0.2) is 4.79 Å². The molecule has 4 heteroatoms. The summed E-state index contributed by atoms with van der Waals surface area (Å²) in [7, 11) is 0. The summed E-state index contributed by atoms with van der Waals surface area (Å²) < 4.78 is 10.3. The molecule has 1 aromatic rings. The average Bonchev–Trinajstić information content (AvgIpc) is 3.13. The van der Waals surface area contributed by atoms with Crippen LogP contribution in [0.3, 0.4) is 0 Å². The Morgan fingerprint density at radius 1 is 1.20 bits per heavy atom. The van der Waals surface area contributed by atoms with E-state index in [-0.39, 0.29) is 35.8 Å². The van der Waals surface area contributed by atoms with E-state index in [1.807, 2.05) is 38.1 Å². The van der Waals surface area contributed by atoms with Crippen LogP contribution in [0.1, 0.15) is 31.9 Å². The zero-order valence-electron chi connectivity index (χ0n) is 15.0. The van der Waals surface area contributed by atoms with Gasteiger partial charge in [0.05, 0.1) is 12.5 Å². The molecule has 1 aliphatic carbocycles. The molecule has 0 aliphatic heterocycles. The first-order valence-electron chi connectivity index (χ1n) is 8.43. The highest BCUT2D eigenvalue weighted by Crippen LogP contribution is 2.59. The van der Waals surface area contributed by atoms with Gasteiger partial charge in [0.15, 0.2) is 0 Å². The van der Waals surface area contributed by atoms with Crippen LogP contribution in [-0.4, -0.2) is 18.5 Å². The van der Waals surface area contributed by atoms with Gasteiger partial charge in [-0.15, -0.1) is 12.3 Å². The predicted octanol–water partition coefficient (Wildman–Crippen LogP) is 3.30. The third-order valence-electron chi connectivity index (χ3n) is 4.60. The molecule has 2 unspecified atom stereocenters. The summed E-state index contributed by atoms with van der Waals surface area (Å²) in [5.41, 5.74) is 1.77. The van der Waals surface area contributed by atoms with Gasteiger partial charge in [-0.3, -0.25) is 4.79 Å². The summed E-state index contributed by atoms with van der Waals surface area (Å²) in [6.45, 7) is 6.31. The normalized spacial score (nSPS) is 20.7. The van der Waals surface area contributed by atoms with E-state index in [1.165, 1.54) is 6.08 Å². The van der Waals surface area contributed by atoms with Gasteiger partial charge in [0, 0.05) is 12.5 Å². The van der Waals surface area contributed by atoms with Crippen LogP contribution >= 0.6 is 0 Å². The Labute approximate surface area is 149 Å². The molecule has 132 valence electrons. The topological polar surface area (TPSA) is 52.6 Å². The molecule has 2 atom stereocenters. The molecule has 1 saturated carbocycles. The van der Waals surface area contributed by atoms with E-state index in [0.29, 0.717) is 13.0 Å². The smallest absolute Gasteiger partial charge is 0.330 e. The largest absolute Gasteiger partial charge is 0.463 e. The summed E-state index contributed by atoms with van der Waals surface area (Å²) in [6.07, 6.45) is 9.01. The molecular formula is C21H24O4. The number of carbonyl (C=O) groups is 2. The van der Waals surface area contributed by atoms with E-state index in [9.17, 15) is 9.59 Å². The molecular weight excluding hydrogens is 316 g/mol. The monoisotopic (exact) mass is 340 g/mol. The van der Waals surface area contributed by atoms with Crippen molar-refractivity contribution >= 4 is 11.9 Å². The lowest BCUT2D eigenvalue weighted by molar-refractivity contribution is -0.147. The summed E-state index contributed by atoms with van der Waals surface area (Å²) >= 11 is 0. The second kappa shape index (κ2) is 8.02. The Balaban J connectivity index is 1.88. The number of hydrogen-bond acceptors (Lipinski definition) is 4. The minimum absolute atomic E-state index is 0.0117. The Morgan fingerprint density at radius 3 is 2.44 bits per heavy atom. The second-order valence-corrected chi connectivity index (χ2v) is 6.74. The van der Waals surface area contributed by atoms with Gasteiger partial charge in [0.25, 0.3) is 0 Å². The number of terminal acetylenes is 1. The molecule has 0 radical (unpaired) electrons. The minimum atomic E-state index is -0.385. The maximum absolute atomic E-state index is 12.3. The lowest BCUT2D eigenvalue weighted by atomic mass is 10.1. The van der Waals surface area contributed by atoms with Crippen LogP contribution in [0, 0.1) is 29.6 Å². The van der Waals surface area contributed by atoms with Gasteiger partial charge in [0.1, 0.15) is 6.61 Å². The fraction of sp³-hybridized carbons (Fsp3) is 0.429. The molecule has 25 heavy (non-hydrogen) atoms. The molecule has 0 spiro atoms. The lowest BCUT2D eigenvalue weighted by Crippen LogP contribution is -2.10. The molecule has 1 fully saturated rings. The first kappa shape index (κ1) is 18.8. The first-order chi connectivity index (χ1) is 11.9. The maximum atomic E-state index is 12.3. The highest BCUT2D eigenvalue weighted by atomic mass is 16.5. The van der Waals surface area contributed by atoms with Crippen molar-refractivity contribution in [2.75, 3.05) is 6.61 Å². The maximum Gasteiger partial charge on any atom is 0.330 e. The van der Waals surface area contributed by atoms with Gasteiger partial charge >= 0.3 is 11.9 Å². The van der Waals surface area contributed by atoms with Crippen molar-refractivity contribution in [2.45, 2.75) is 33.8 Å². The number of hydrogen-bond donors (Lipinski definition) is 0. The Bertz CT molecular complexity index is 692.